The maximum atomic E-state index is 12.3. The van der Waals surface area contributed by atoms with Crippen LogP contribution in [0.3, 0.4) is 0 Å². The van der Waals surface area contributed by atoms with Crippen molar-refractivity contribution in [1.82, 2.24) is 0 Å². The predicted octanol–water partition coefficient (Wildman–Crippen LogP) is 2.15. The van der Waals surface area contributed by atoms with Crippen LogP contribution in [0.1, 0.15) is 15.9 Å². The van der Waals surface area contributed by atoms with Crippen molar-refractivity contribution in [3.05, 3.63) is 27.7 Å². The summed E-state index contributed by atoms with van der Waals surface area (Å²) in [6, 6.07) is 1.39. The van der Waals surface area contributed by atoms with Gasteiger partial charge in [-0.15, -0.1) is 0 Å². The Labute approximate surface area is 91.4 Å². The van der Waals surface area contributed by atoms with Crippen molar-refractivity contribution in [3.63, 3.8) is 0 Å². The summed E-state index contributed by atoms with van der Waals surface area (Å²) in [6.07, 6.45) is -4.56. The summed E-state index contributed by atoms with van der Waals surface area (Å²) in [7, 11) is 0. The Morgan fingerprint density at radius 3 is 2.27 bits per heavy atom. The normalized spacial score (nSPS) is 11.5. The number of hydrogen-bond donors (Lipinski definition) is 2. The van der Waals surface area contributed by atoms with Gasteiger partial charge in [0.15, 0.2) is 0 Å². The van der Waals surface area contributed by atoms with Gasteiger partial charge in [0.2, 0.25) is 5.91 Å². The van der Waals surface area contributed by atoms with Crippen LogP contribution in [0.15, 0.2) is 16.6 Å². The van der Waals surface area contributed by atoms with E-state index in [0.29, 0.717) is 6.07 Å². The van der Waals surface area contributed by atoms with Gasteiger partial charge in [0.05, 0.1) is 15.6 Å². The van der Waals surface area contributed by atoms with Crippen LogP contribution >= 0.6 is 15.9 Å². The number of nitrogen functional groups attached to an aromatic ring is 1. The van der Waals surface area contributed by atoms with Crippen LogP contribution in [-0.2, 0) is 6.18 Å². The molecule has 3 nitrogen and oxygen atoms in total. The average molecular weight is 283 g/mol. The van der Waals surface area contributed by atoms with Crippen molar-refractivity contribution >= 4 is 27.5 Å². The molecule has 7 heteroatoms. The molecule has 1 aromatic rings. The van der Waals surface area contributed by atoms with E-state index < -0.39 is 17.6 Å². The standard InChI is InChI=1S/C8H6BrF3N2O/c9-6-4(7(14)15)1-3(2-5(6)13)8(10,11)12/h1-2H,13H2,(H2,14,15). The van der Waals surface area contributed by atoms with E-state index >= 15 is 0 Å². The van der Waals surface area contributed by atoms with Gasteiger partial charge in [-0.2, -0.15) is 13.2 Å². The lowest BCUT2D eigenvalue weighted by molar-refractivity contribution is -0.137. The predicted molar refractivity (Wildman–Crippen MR) is 52.1 cm³/mol. The van der Waals surface area contributed by atoms with E-state index in [1.807, 2.05) is 0 Å². The molecule has 0 aliphatic heterocycles. The molecular weight excluding hydrogens is 277 g/mol. The van der Waals surface area contributed by atoms with Crippen LogP contribution in [0, 0.1) is 0 Å². The minimum Gasteiger partial charge on any atom is -0.398 e. The van der Waals surface area contributed by atoms with Crippen LogP contribution in [0.25, 0.3) is 0 Å². The topological polar surface area (TPSA) is 69.1 Å². The van der Waals surface area contributed by atoms with Crippen LogP contribution in [0.2, 0.25) is 0 Å². The SMILES string of the molecule is NC(=O)c1cc(C(F)(F)F)cc(N)c1Br. The fraction of sp³-hybridized carbons (Fsp3) is 0.125. The van der Waals surface area contributed by atoms with E-state index in [2.05, 4.69) is 15.9 Å². The summed E-state index contributed by atoms with van der Waals surface area (Å²) in [4.78, 5) is 10.8. The highest BCUT2D eigenvalue weighted by Gasteiger charge is 2.32. The smallest absolute Gasteiger partial charge is 0.398 e. The molecule has 0 aliphatic rings. The van der Waals surface area contributed by atoms with Gasteiger partial charge < -0.3 is 11.5 Å². The molecule has 0 heterocycles. The van der Waals surface area contributed by atoms with Crippen molar-refractivity contribution in [2.75, 3.05) is 5.73 Å². The van der Waals surface area contributed by atoms with E-state index in [0.717, 1.165) is 6.07 Å². The van der Waals surface area contributed by atoms with Gasteiger partial charge in [-0.05, 0) is 28.1 Å². The lowest BCUT2D eigenvalue weighted by Gasteiger charge is -2.10. The molecule has 1 rings (SSSR count). The van der Waals surface area contributed by atoms with E-state index in [9.17, 15) is 18.0 Å². The highest BCUT2D eigenvalue weighted by atomic mass is 79.9. The molecule has 0 spiro atoms. The van der Waals surface area contributed by atoms with E-state index in [1.165, 1.54) is 0 Å². The molecule has 0 unspecified atom stereocenters. The van der Waals surface area contributed by atoms with Crippen LogP contribution < -0.4 is 11.5 Å². The number of primary amides is 1. The maximum Gasteiger partial charge on any atom is 0.416 e. The Kier molecular flexibility index (Phi) is 2.94. The zero-order valence-electron chi connectivity index (χ0n) is 7.23. The fourth-order valence-corrected chi connectivity index (χ4v) is 1.41. The van der Waals surface area contributed by atoms with E-state index in [1.54, 1.807) is 0 Å². The minimum absolute atomic E-state index is 0.0722. The number of carbonyl (C=O) groups excluding carboxylic acids is 1. The van der Waals surface area contributed by atoms with Gasteiger partial charge in [0, 0.05) is 5.69 Å². The van der Waals surface area contributed by atoms with Crippen molar-refractivity contribution in [1.29, 1.82) is 0 Å². The number of anilines is 1. The Hall–Kier alpha value is -1.24. The quantitative estimate of drug-likeness (QED) is 0.775. The molecule has 1 aromatic carbocycles. The molecule has 0 bridgehead atoms. The Bertz CT molecular complexity index is 417. The number of alkyl halides is 3. The second kappa shape index (κ2) is 3.73. The molecule has 15 heavy (non-hydrogen) atoms. The molecule has 0 atom stereocenters. The van der Waals surface area contributed by atoms with Crippen molar-refractivity contribution in [2.45, 2.75) is 6.18 Å². The zero-order chi connectivity index (χ0) is 11.8. The van der Waals surface area contributed by atoms with E-state index in [-0.39, 0.29) is 15.7 Å². The van der Waals surface area contributed by atoms with Crippen LogP contribution in [-0.4, -0.2) is 5.91 Å². The first kappa shape index (κ1) is 11.8. The van der Waals surface area contributed by atoms with E-state index in [4.69, 9.17) is 11.5 Å². The number of carbonyl (C=O) groups is 1. The summed E-state index contributed by atoms with van der Waals surface area (Å²) < 4.78 is 37.0. The lowest BCUT2D eigenvalue weighted by atomic mass is 10.1. The first-order valence-corrected chi connectivity index (χ1v) is 4.49. The Morgan fingerprint density at radius 1 is 1.33 bits per heavy atom. The van der Waals surface area contributed by atoms with Gasteiger partial charge in [-0.1, -0.05) is 0 Å². The summed E-state index contributed by atoms with van der Waals surface area (Å²) in [5.41, 5.74) is 8.73. The number of nitrogens with two attached hydrogens (primary N) is 2. The third-order valence-corrected chi connectivity index (χ3v) is 2.58. The van der Waals surface area contributed by atoms with Crippen LogP contribution in [0.5, 0.6) is 0 Å². The molecule has 0 aliphatic carbocycles. The second-order valence-corrected chi connectivity index (χ2v) is 3.58. The van der Waals surface area contributed by atoms with Gasteiger partial charge in [-0.3, -0.25) is 4.79 Å². The van der Waals surface area contributed by atoms with Crippen LogP contribution in [0.4, 0.5) is 18.9 Å². The molecule has 4 N–H and O–H groups in total. The number of benzene rings is 1. The van der Waals surface area contributed by atoms with Gasteiger partial charge >= 0.3 is 6.18 Å². The number of hydrogen-bond acceptors (Lipinski definition) is 2. The third kappa shape index (κ3) is 2.41. The highest BCUT2D eigenvalue weighted by Crippen LogP contribution is 2.34. The molecule has 82 valence electrons. The average Bonchev–Trinajstić information content (AvgIpc) is 2.06. The molecule has 0 saturated heterocycles. The summed E-state index contributed by atoms with van der Waals surface area (Å²) in [5.74, 6) is -0.973. The summed E-state index contributed by atoms with van der Waals surface area (Å²) in [5, 5.41) is 0. The monoisotopic (exact) mass is 282 g/mol. The lowest BCUT2D eigenvalue weighted by Crippen LogP contribution is -2.15. The van der Waals surface area contributed by atoms with Gasteiger partial charge in [-0.25, -0.2) is 0 Å². The summed E-state index contributed by atoms with van der Waals surface area (Å²) in [6.45, 7) is 0. The Morgan fingerprint density at radius 2 is 1.87 bits per heavy atom. The largest absolute Gasteiger partial charge is 0.416 e. The molecule has 0 aromatic heterocycles. The molecule has 0 radical (unpaired) electrons. The Balaban J connectivity index is 3.43. The molecule has 1 amide bonds. The maximum absolute atomic E-state index is 12.3. The molecule has 0 saturated carbocycles. The highest BCUT2D eigenvalue weighted by molar-refractivity contribution is 9.10. The van der Waals surface area contributed by atoms with Gasteiger partial charge in [0.1, 0.15) is 0 Å². The fourth-order valence-electron chi connectivity index (χ4n) is 0.990. The molecular formula is C8H6BrF3N2O. The van der Waals surface area contributed by atoms with Crippen molar-refractivity contribution < 1.29 is 18.0 Å². The zero-order valence-corrected chi connectivity index (χ0v) is 8.82. The molecule has 0 fully saturated rings. The van der Waals surface area contributed by atoms with Gasteiger partial charge in [0.25, 0.3) is 0 Å². The minimum atomic E-state index is -4.56. The van der Waals surface area contributed by atoms with Crippen molar-refractivity contribution in [2.24, 2.45) is 5.73 Å². The number of amides is 1. The first-order chi connectivity index (χ1) is 6.73. The summed E-state index contributed by atoms with van der Waals surface area (Å²) >= 11 is 2.89. The number of rotatable bonds is 1. The third-order valence-electron chi connectivity index (χ3n) is 1.69. The van der Waals surface area contributed by atoms with Crippen molar-refractivity contribution in [3.8, 4) is 0 Å². The first-order valence-electron chi connectivity index (χ1n) is 3.69. The second-order valence-electron chi connectivity index (χ2n) is 2.79. The number of halogens is 4.